The molecule has 3 aromatic carbocycles. The van der Waals surface area contributed by atoms with Crippen molar-refractivity contribution >= 4 is 23.7 Å². The topological polar surface area (TPSA) is 98.3 Å². The lowest BCUT2D eigenvalue weighted by Crippen LogP contribution is -2.20. The monoisotopic (exact) mass is 461 g/mol. The first-order chi connectivity index (χ1) is 16.4. The highest BCUT2D eigenvalue weighted by atomic mass is 16.5. The molecule has 0 spiro atoms. The largest absolute Gasteiger partial charge is 0.497 e. The lowest BCUT2D eigenvalue weighted by Gasteiger charge is -2.12. The Balaban J connectivity index is 1.58. The molecule has 0 saturated carbocycles. The molecule has 0 fully saturated rings. The summed E-state index contributed by atoms with van der Waals surface area (Å²) in [6.45, 7) is 3.76. The molecule has 2 amide bonds. The van der Waals surface area contributed by atoms with Crippen molar-refractivity contribution in [2.45, 2.75) is 13.8 Å². The van der Waals surface area contributed by atoms with Gasteiger partial charge in [-0.05, 0) is 67.4 Å². The van der Waals surface area contributed by atoms with Crippen molar-refractivity contribution in [3.05, 3.63) is 82.9 Å². The average molecular weight is 462 g/mol. The van der Waals surface area contributed by atoms with Crippen molar-refractivity contribution in [2.24, 2.45) is 5.10 Å². The minimum atomic E-state index is -0.364. The fraction of sp³-hybridized carbons (Fsp3) is 0.192. The van der Waals surface area contributed by atoms with Gasteiger partial charge in [-0.25, -0.2) is 5.43 Å². The van der Waals surface area contributed by atoms with Gasteiger partial charge in [0, 0.05) is 11.3 Å². The van der Waals surface area contributed by atoms with E-state index in [1.54, 1.807) is 42.5 Å². The van der Waals surface area contributed by atoms with E-state index in [4.69, 9.17) is 14.2 Å². The van der Waals surface area contributed by atoms with Gasteiger partial charge in [0.1, 0.15) is 5.75 Å². The maximum Gasteiger partial charge on any atom is 0.271 e. The molecule has 0 radical (unpaired) electrons. The summed E-state index contributed by atoms with van der Waals surface area (Å²) in [6, 6.07) is 17.7. The quantitative estimate of drug-likeness (QED) is 0.369. The van der Waals surface area contributed by atoms with Crippen LogP contribution in [-0.2, 0) is 4.79 Å². The van der Waals surface area contributed by atoms with Crippen LogP contribution in [0, 0.1) is 13.8 Å². The van der Waals surface area contributed by atoms with Gasteiger partial charge in [0.15, 0.2) is 18.1 Å². The third kappa shape index (κ3) is 6.59. The van der Waals surface area contributed by atoms with E-state index in [9.17, 15) is 9.59 Å². The number of hydrazone groups is 1. The Morgan fingerprint density at radius 3 is 2.50 bits per heavy atom. The number of rotatable bonds is 9. The second kappa shape index (κ2) is 11.5. The Bertz CT molecular complexity index is 1210. The summed E-state index contributed by atoms with van der Waals surface area (Å²) >= 11 is 0. The molecule has 0 heterocycles. The highest BCUT2D eigenvalue weighted by Crippen LogP contribution is 2.27. The lowest BCUT2D eigenvalue weighted by molar-refractivity contribution is -0.118. The van der Waals surface area contributed by atoms with Gasteiger partial charge in [-0.15, -0.1) is 0 Å². The molecule has 0 aromatic heterocycles. The Hall–Kier alpha value is -4.33. The Kier molecular flexibility index (Phi) is 8.23. The molecule has 2 N–H and O–H groups in total. The van der Waals surface area contributed by atoms with Crippen LogP contribution in [0.15, 0.2) is 65.8 Å². The van der Waals surface area contributed by atoms with Crippen molar-refractivity contribution < 1.29 is 23.8 Å². The van der Waals surface area contributed by atoms with Crippen molar-refractivity contribution in [1.29, 1.82) is 0 Å². The SMILES string of the molecule is COc1cccc(C(=O)N/N=C/c2ccc(OCC(=O)Nc3ccc(C)cc3C)c(OC)c2)c1. The Morgan fingerprint density at radius 2 is 1.76 bits per heavy atom. The predicted molar refractivity (Wildman–Crippen MR) is 131 cm³/mol. The van der Waals surface area contributed by atoms with Crippen LogP contribution in [0.2, 0.25) is 0 Å². The third-order valence-electron chi connectivity index (χ3n) is 4.91. The van der Waals surface area contributed by atoms with Crippen LogP contribution in [0.1, 0.15) is 27.0 Å². The molecule has 0 saturated heterocycles. The van der Waals surface area contributed by atoms with Gasteiger partial charge >= 0.3 is 0 Å². The molecule has 0 aliphatic rings. The molecule has 8 nitrogen and oxygen atoms in total. The van der Waals surface area contributed by atoms with E-state index in [0.29, 0.717) is 28.4 Å². The number of benzene rings is 3. The minimum Gasteiger partial charge on any atom is -0.497 e. The number of hydrogen-bond donors (Lipinski definition) is 2. The fourth-order valence-corrected chi connectivity index (χ4v) is 3.16. The van der Waals surface area contributed by atoms with Crippen LogP contribution >= 0.6 is 0 Å². The molecule has 176 valence electrons. The summed E-state index contributed by atoms with van der Waals surface area (Å²) in [4.78, 5) is 24.5. The van der Waals surface area contributed by atoms with Gasteiger partial charge < -0.3 is 19.5 Å². The molecule has 3 rings (SSSR count). The molecule has 0 bridgehead atoms. The van der Waals surface area contributed by atoms with E-state index in [0.717, 1.165) is 16.8 Å². The number of amides is 2. The number of methoxy groups -OCH3 is 2. The van der Waals surface area contributed by atoms with Crippen molar-refractivity contribution in [3.8, 4) is 17.2 Å². The molecular weight excluding hydrogens is 434 g/mol. The number of hydrogen-bond acceptors (Lipinski definition) is 6. The first-order valence-electron chi connectivity index (χ1n) is 10.5. The van der Waals surface area contributed by atoms with Crippen LogP contribution in [0.5, 0.6) is 17.2 Å². The van der Waals surface area contributed by atoms with Crippen molar-refractivity contribution in [2.75, 3.05) is 26.1 Å². The molecule has 0 aliphatic heterocycles. The van der Waals surface area contributed by atoms with Crippen LogP contribution in [0.3, 0.4) is 0 Å². The molecular formula is C26H27N3O5. The summed E-state index contributed by atoms with van der Waals surface area (Å²) in [7, 11) is 3.04. The van der Waals surface area contributed by atoms with Crippen LogP contribution in [0.25, 0.3) is 0 Å². The zero-order valence-corrected chi connectivity index (χ0v) is 19.5. The summed E-state index contributed by atoms with van der Waals surface area (Å²) in [5, 5.41) is 6.83. The minimum absolute atomic E-state index is 0.173. The van der Waals surface area contributed by atoms with E-state index in [1.165, 1.54) is 20.4 Å². The molecule has 0 aliphatic carbocycles. The highest BCUT2D eigenvalue weighted by Gasteiger charge is 2.10. The summed E-state index contributed by atoms with van der Waals surface area (Å²) in [5.74, 6) is 0.787. The van der Waals surface area contributed by atoms with E-state index < -0.39 is 0 Å². The van der Waals surface area contributed by atoms with Gasteiger partial charge in [0.2, 0.25) is 0 Å². The number of aryl methyl sites for hydroxylation is 2. The molecule has 34 heavy (non-hydrogen) atoms. The van der Waals surface area contributed by atoms with Gasteiger partial charge in [0.25, 0.3) is 11.8 Å². The van der Waals surface area contributed by atoms with Crippen molar-refractivity contribution in [1.82, 2.24) is 5.43 Å². The number of carbonyl (C=O) groups is 2. The lowest BCUT2D eigenvalue weighted by atomic mass is 10.1. The van der Waals surface area contributed by atoms with Crippen LogP contribution in [0.4, 0.5) is 5.69 Å². The number of anilines is 1. The van der Waals surface area contributed by atoms with Gasteiger partial charge in [0.05, 0.1) is 20.4 Å². The summed E-state index contributed by atoms with van der Waals surface area (Å²) in [6.07, 6.45) is 1.48. The van der Waals surface area contributed by atoms with E-state index in [-0.39, 0.29) is 18.4 Å². The van der Waals surface area contributed by atoms with E-state index in [2.05, 4.69) is 15.8 Å². The normalized spacial score (nSPS) is 10.6. The standard InChI is InChI=1S/C26H27N3O5/c1-17-8-10-22(18(2)12-17)28-25(30)16-34-23-11-9-19(13-24(23)33-4)15-27-29-26(31)20-6-5-7-21(14-20)32-3/h5-15H,16H2,1-4H3,(H,28,30)(H,29,31)/b27-15+. The number of ether oxygens (including phenoxy) is 3. The average Bonchev–Trinajstić information content (AvgIpc) is 2.84. The summed E-state index contributed by atoms with van der Waals surface area (Å²) in [5.41, 5.74) is 6.42. The maximum absolute atomic E-state index is 12.3. The first-order valence-corrected chi connectivity index (χ1v) is 10.5. The van der Waals surface area contributed by atoms with Crippen LogP contribution in [-0.4, -0.2) is 38.9 Å². The second-order valence-electron chi connectivity index (χ2n) is 7.50. The maximum atomic E-state index is 12.3. The molecule has 8 heteroatoms. The molecule has 3 aromatic rings. The van der Waals surface area contributed by atoms with Gasteiger partial charge in [-0.2, -0.15) is 5.10 Å². The fourth-order valence-electron chi connectivity index (χ4n) is 3.16. The number of carbonyl (C=O) groups excluding carboxylic acids is 2. The van der Waals surface area contributed by atoms with E-state index in [1.807, 2.05) is 32.0 Å². The van der Waals surface area contributed by atoms with Crippen molar-refractivity contribution in [3.63, 3.8) is 0 Å². The smallest absolute Gasteiger partial charge is 0.271 e. The first kappa shape index (κ1) is 24.3. The second-order valence-corrected chi connectivity index (χ2v) is 7.50. The van der Waals surface area contributed by atoms with Crippen LogP contribution < -0.4 is 25.0 Å². The third-order valence-corrected chi connectivity index (χ3v) is 4.91. The Labute approximate surface area is 198 Å². The van der Waals surface area contributed by atoms with Gasteiger partial charge in [-0.3, -0.25) is 9.59 Å². The predicted octanol–water partition coefficient (Wildman–Crippen LogP) is 4.10. The molecule has 0 unspecified atom stereocenters. The zero-order valence-electron chi connectivity index (χ0n) is 19.5. The zero-order chi connectivity index (χ0) is 24.5. The van der Waals surface area contributed by atoms with E-state index >= 15 is 0 Å². The summed E-state index contributed by atoms with van der Waals surface area (Å²) < 4.78 is 16.1. The Morgan fingerprint density at radius 1 is 0.941 bits per heavy atom. The number of nitrogens with zero attached hydrogens (tertiary/aromatic N) is 1. The highest BCUT2D eigenvalue weighted by molar-refractivity contribution is 5.95. The van der Waals surface area contributed by atoms with Gasteiger partial charge in [-0.1, -0.05) is 23.8 Å². The number of nitrogens with one attached hydrogen (secondary N) is 2. The molecule has 0 atom stereocenters.